The molecule has 9 heteroatoms. The summed E-state index contributed by atoms with van der Waals surface area (Å²) in [7, 11) is 0. The molecule has 0 radical (unpaired) electrons. The van der Waals surface area contributed by atoms with E-state index < -0.39 is 0 Å². The Morgan fingerprint density at radius 2 is 2.04 bits per heavy atom. The molecular weight excluding hydrogens is 346 g/mol. The first-order valence-corrected chi connectivity index (χ1v) is 9.15. The van der Waals surface area contributed by atoms with Crippen LogP contribution in [0.4, 0.5) is 11.5 Å². The second-order valence-corrected chi connectivity index (χ2v) is 6.76. The van der Waals surface area contributed by atoms with Crippen LogP contribution >= 0.6 is 0 Å². The molecule has 0 atom stereocenters. The Morgan fingerprint density at radius 3 is 2.74 bits per heavy atom. The van der Waals surface area contributed by atoms with Gasteiger partial charge in [-0.05, 0) is 19.3 Å². The maximum atomic E-state index is 12.7. The Hall–Kier alpha value is -3.10. The van der Waals surface area contributed by atoms with E-state index in [0.29, 0.717) is 36.9 Å². The number of rotatable bonds is 7. The van der Waals surface area contributed by atoms with Crippen molar-refractivity contribution in [3.05, 3.63) is 36.3 Å². The monoisotopic (exact) mass is 367 g/mol. The number of hydrogen-bond acceptors (Lipinski definition) is 7. The van der Waals surface area contributed by atoms with Crippen molar-refractivity contribution in [3.63, 3.8) is 0 Å². The molecule has 1 saturated heterocycles. The summed E-state index contributed by atoms with van der Waals surface area (Å²) in [4.78, 5) is 43.0. The van der Waals surface area contributed by atoms with Gasteiger partial charge in [-0.15, -0.1) is 0 Å². The van der Waals surface area contributed by atoms with Crippen molar-refractivity contribution in [2.24, 2.45) is 0 Å². The zero-order chi connectivity index (χ0) is 18.6. The summed E-state index contributed by atoms with van der Waals surface area (Å²) in [6.07, 6.45) is 9.97. The molecule has 0 aromatic carbocycles. The highest BCUT2D eigenvalue weighted by Crippen LogP contribution is 2.39. The van der Waals surface area contributed by atoms with Crippen LogP contribution in [0.2, 0.25) is 0 Å². The molecule has 9 nitrogen and oxygen atoms in total. The van der Waals surface area contributed by atoms with Crippen molar-refractivity contribution in [3.8, 4) is 0 Å². The molecule has 3 heterocycles. The van der Waals surface area contributed by atoms with Gasteiger partial charge in [0, 0.05) is 32.0 Å². The highest BCUT2D eigenvalue weighted by molar-refractivity contribution is 5.97. The molecule has 1 aliphatic carbocycles. The fourth-order valence-corrected chi connectivity index (χ4v) is 3.06. The Balaban J connectivity index is 1.47. The summed E-state index contributed by atoms with van der Waals surface area (Å²) in [5, 5.41) is 5.91. The zero-order valence-corrected chi connectivity index (χ0v) is 14.9. The van der Waals surface area contributed by atoms with Gasteiger partial charge in [-0.25, -0.2) is 19.9 Å². The summed E-state index contributed by atoms with van der Waals surface area (Å²) < 4.78 is 0. The number of likely N-dealkylation sites (tertiary alicyclic amines) is 1. The third kappa shape index (κ3) is 4.18. The van der Waals surface area contributed by atoms with Crippen LogP contribution in [0.3, 0.4) is 0 Å². The molecule has 4 rings (SSSR count). The van der Waals surface area contributed by atoms with Crippen molar-refractivity contribution in [1.82, 2.24) is 30.2 Å². The third-order valence-corrected chi connectivity index (χ3v) is 4.66. The van der Waals surface area contributed by atoms with Crippen LogP contribution in [-0.4, -0.2) is 56.3 Å². The van der Waals surface area contributed by atoms with Crippen molar-refractivity contribution in [2.45, 2.75) is 31.6 Å². The first-order chi connectivity index (χ1) is 13.2. The van der Waals surface area contributed by atoms with Crippen LogP contribution in [0.1, 0.15) is 47.8 Å². The van der Waals surface area contributed by atoms with Crippen LogP contribution in [0.15, 0.2) is 24.9 Å². The number of carbonyl (C=O) groups excluding carboxylic acids is 2. The summed E-state index contributed by atoms with van der Waals surface area (Å²) in [6, 6.07) is 0. The molecule has 1 aliphatic heterocycles. The average Bonchev–Trinajstić information content (AvgIpc) is 3.46. The minimum absolute atomic E-state index is 0.145. The molecule has 2 N–H and O–H groups in total. The van der Waals surface area contributed by atoms with Crippen LogP contribution in [0.25, 0.3) is 0 Å². The number of amides is 2. The van der Waals surface area contributed by atoms with E-state index in [-0.39, 0.29) is 17.5 Å². The maximum absolute atomic E-state index is 12.7. The van der Waals surface area contributed by atoms with E-state index in [1.165, 1.54) is 6.33 Å². The minimum Gasteiger partial charge on any atom is -0.349 e. The van der Waals surface area contributed by atoms with Gasteiger partial charge < -0.3 is 15.5 Å². The predicted molar refractivity (Wildman–Crippen MR) is 97.5 cm³/mol. The predicted octanol–water partition coefficient (Wildman–Crippen LogP) is 1.24. The van der Waals surface area contributed by atoms with Crippen LogP contribution in [0, 0.1) is 0 Å². The highest BCUT2D eigenvalue weighted by atomic mass is 16.2. The standard InChI is InChI=1S/C18H21N7O2/c26-15-2-1-6-25(15)7-5-21-18(27)16-17(23-13-8-19-11-20-9-13)22-10-14(24-16)12-3-4-12/h8-12H,1-7H2,(H,21,27)(H,22,23). The molecule has 1 saturated carbocycles. The Kier molecular flexibility index (Phi) is 4.91. The van der Waals surface area contributed by atoms with Crippen LogP contribution in [-0.2, 0) is 4.79 Å². The van der Waals surface area contributed by atoms with Crippen molar-refractivity contribution in [1.29, 1.82) is 0 Å². The van der Waals surface area contributed by atoms with Crippen LogP contribution < -0.4 is 10.6 Å². The van der Waals surface area contributed by atoms with Gasteiger partial charge in [-0.1, -0.05) is 0 Å². The summed E-state index contributed by atoms with van der Waals surface area (Å²) in [5.74, 6) is 0.589. The van der Waals surface area contributed by atoms with Gasteiger partial charge >= 0.3 is 0 Å². The van der Waals surface area contributed by atoms with Gasteiger partial charge in [0.2, 0.25) is 5.91 Å². The van der Waals surface area contributed by atoms with E-state index >= 15 is 0 Å². The SMILES string of the molecule is O=C(NCCN1CCCC1=O)c1nc(C2CC2)cnc1Nc1cncnc1. The molecular formula is C18H21N7O2. The fraction of sp³-hybridized carbons (Fsp3) is 0.444. The van der Waals surface area contributed by atoms with Crippen LogP contribution in [0.5, 0.6) is 0 Å². The summed E-state index contributed by atoms with van der Waals surface area (Å²) in [5.41, 5.74) is 1.71. The Bertz CT molecular complexity index is 839. The zero-order valence-electron chi connectivity index (χ0n) is 14.9. The van der Waals surface area contributed by atoms with E-state index in [0.717, 1.165) is 31.5 Å². The van der Waals surface area contributed by atoms with Gasteiger partial charge in [0.25, 0.3) is 5.91 Å². The smallest absolute Gasteiger partial charge is 0.273 e. The van der Waals surface area contributed by atoms with Crippen molar-refractivity contribution >= 4 is 23.3 Å². The van der Waals surface area contributed by atoms with Gasteiger partial charge in [0.05, 0.1) is 30.0 Å². The molecule has 0 spiro atoms. The molecule has 2 amide bonds. The lowest BCUT2D eigenvalue weighted by atomic mass is 10.2. The minimum atomic E-state index is -0.309. The summed E-state index contributed by atoms with van der Waals surface area (Å²) in [6.45, 7) is 1.65. The number of carbonyl (C=O) groups is 2. The quantitative estimate of drug-likeness (QED) is 0.757. The molecule has 0 unspecified atom stereocenters. The lowest BCUT2D eigenvalue weighted by molar-refractivity contribution is -0.127. The first kappa shape index (κ1) is 17.3. The number of nitrogens with one attached hydrogen (secondary N) is 2. The maximum Gasteiger partial charge on any atom is 0.273 e. The van der Waals surface area contributed by atoms with E-state index in [4.69, 9.17) is 0 Å². The number of aromatic nitrogens is 4. The topological polar surface area (TPSA) is 113 Å². The van der Waals surface area contributed by atoms with Gasteiger partial charge in [-0.2, -0.15) is 0 Å². The molecule has 0 bridgehead atoms. The van der Waals surface area contributed by atoms with E-state index in [1.54, 1.807) is 23.5 Å². The lowest BCUT2D eigenvalue weighted by Gasteiger charge is -2.16. The average molecular weight is 367 g/mol. The molecule has 140 valence electrons. The van der Waals surface area contributed by atoms with E-state index in [2.05, 4.69) is 30.6 Å². The lowest BCUT2D eigenvalue weighted by Crippen LogP contribution is -2.36. The largest absolute Gasteiger partial charge is 0.349 e. The highest BCUT2D eigenvalue weighted by Gasteiger charge is 2.28. The second kappa shape index (κ2) is 7.65. The number of hydrogen-bond donors (Lipinski definition) is 2. The second-order valence-electron chi connectivity index (χ2n) is 6.76. The van der Waals surface area contributed by atoms with Gasteiger partial charge in [0.1, 0.15) is 6.33 Å². The first-order valence-electron chi connectivity index (χ1n) is 9.15. The summed E-state index contributed by atoms with van der Waals surface area (Å²) >= 11 is 0. The molecule has 27 heavy (non-hydrogen) atoms. The van der Waals surface area contributed by atoms with E-state index in [9.17, 15) is 9.59 Å². The van der Waals surface area contributed by atoms with Crippen molar-refractivity contribution in [2.75, 3.05) is 25.0 Å². The molecule has 2 fully saturated rings. The number of nitrogens with zero attached hydrogens (tertiary/aromatic N) is 5. The normalized spacial score (nSPS) is 16.4. The number of anilines is 2. The van der Waals surface area contributed by atoms with Gasteiger partial charge in [0.15, 0.2) is 11.5 Å². The van der Waals surface area contributed by atoms with Gasteiger partial charge in [-0.3, -0.25) is 9.59 Å². The molecule has 2 aliphatic rings. The molecule has 2 aromatic heterocycles. The van der Waals surface area contributed by atoms with Crippen molar-refractivity contribution < 1.29 is 9.59 Å². The van der Waals surface area contributed by atoms with E-state index in [1.807, 2.05) is 0 Å². The third-order valence-electron chi connectivity index (χ3n) is 4.66. The molecule has 2 aromatic rings. The Labute approximate surface area is 156 Å². The Morgan fingerprint density at radius 1 is 1.22 bits per heavy atom. The fourth-order valence-electron chi connectivity index (χ4n) is 3.06.